The van der Waals surface area contributed by atoms with Crippen molar-refractivity contribution in [2.75, 3.05) is 31.1 Å². The highest BCUT2D eigenvalue weighted by Gasteiger charge is 2.35. The van der Waals surface area contributed by atoms with E-state index in [1.165, 1.54) is 0 Å². The molecular formula is C12H22N2O2S. The van der Waals surface area contributed by atoms with Crippen molar-refractivity contribution in [3.8, 4) is 0 Å². The van der Waals surface area contributed by atoms with Crippen LogP contribution in [-0.2, 0) is 4.79 Å². The second kappa shape index (κ2) is 5.59. The Morgan fingerprint density at radius 2 is 2.12 bits per heavy atom. The molecule has 0 radical (unpaired) electrons. The van der Waals surface area contributed by atoms with E-state index < -0.39 is 5.60 Å². The number of carbonyl (C=O) groups is 1. The van der Waals surface area contributed by atoms with Gasteiger partial charge in [0.05, 0.1) is 11.6 Å². The van der Waals surface area contributed by atoms with Gasteiger partial charge >= 0.3 is 0 Å². The van der Waals surface area contributed by atoms with Crippen molar-refractivity contribution in [2.24, 2.45) is 0 Å². The summed E-state index contributed by atoms with van der Waals surface area (Å²) < 4.78 is 0. The van der Waals surface area contributed by atoms with E-state index in [9.17, 15) is 9.90 Å². The highest BCUT2D eigenvalue weighted by molar-refractivity contribution is 7.99. The summed E-state index contributed by atoms with van der Waals surface area (Å²) in [6.45, 7) is 4.35. The number of hydrogen-bond donors (Lipinski definition) is 2. The molecule has 1 atom stereocenters. The fourth-order valence-electron chi connectivity index (χ4n) is 2.29. The average molecular weight is 258 g/mol. The van der Waals surface area contributed by atoms with Crippen molar-refractivity contribution < 1.29 is 9.90 Å². The van der Waals surface area contributed by atoms with E-state index in [1.54, 1.807) is 0 Å². The van der Waals surface area contributed by atoms with Gasteiger partial charge in [-0.25, -0.2) is 0 Å². The molecule has 1 aliphatic heterocycles. The van der Waals surface area contributed by atoms with Crippen LogP contribution in [0.2, 0.25) is 0 Å². The van der Waals surface area contributed by atoms with Crippen LogP contribution >= 0.6 is 11.8 Å². The average Bonchev–Trinajstić information content (AvgIpc) is 2.33. The van der Waals surface area contributed by atoms with E-state index in [1.807, 2.05) is 18.7 Å². The van der Waals surface area contributed by atoms with Crippen molar-refractivity contribution in [2.45, 2.75) is 37.8 Å². The Hall–Kier alpha value is -0.260. The number of carbonyl (C=O) groups excluding carboxylic acids is 1. The van der Waals surface area contributed by atoms with Crippen molar-refractivity contribution in [3.05, 3.63) is 0 Å². The minimum Gasteiger partial charge on any atom is -0.388 e. The van der Waals surface area contributed by atoms with Crippen LogP contribution in [0.4, 0.5) is 0 Å². The zero-order valence-corrected chi connectivity index (χ0v) is 11.3. The maximum absolute atomic E-state index is 12.0. The summed E-state index contributed by atoms with van der Waals surface area (Å²) in [6, 6.07) is -0.0698. The lowest BCUT2D eigenvalue weighted by Gasteiger charge is -2.37. The van der Waals surface area contributed by atoms with Crippen molar-refractivity contribution in [1.82, 2.24) is 10.2 Å². The molecule has 1 heterocycles. The topological polar surface area (TPSA) is 52.6 Å². The SMILES string of the molecule is CC(C(=O)NCC1(O)CCC1)N1CCSCC1. The van der Waals surface area contributed by atoms with Gasteiger partial charge in [-0.05, 0) is 26.2 Å². The molecule has 1 unspecified atom stereocenters. The van der Waals surface area contributed by atoms with E-state index in [0.717, 1.165) is 43.9 Å². The Labute approximate surface area is 107 Å². The van der Waals surface area contributed by atoms with Gasteiger partial charge in [0.25, 0.3) is 0 Å². The highest BCUT2D eigenvalue weighted by Crippen LogP contribution is 2.30. The number of rotatable bonds is 4. The summed E-state index contributed by atoms with van der Waals surface area (Å²) in [5.74, 6) is 2.28. The summed E-state index contributed by atoms with van der Waals surface area (Å²) in [4.78, 5) is 14.2. The van der Waals surface area contributed by atoms with E-state index in [-0.39, 0.29) is 11.9 Å². The predicted octanol–water partition coefficient (Wildman–Crippen LogP) is 0.455. The van der Waals surface area contributed by atoms with Crippen molar-refractivity contribution >= 4 is 17.7 Å². The normalized spacial score (nSPS) is 26.0. The van der Waals surface area contributed by atoms with E-state index in [4.69, 9.17) is 0 Å². The molecule has 0 spiro atoms. The fraction of sp³-hybridized carbons (Fsp3) is 0.917. The van der Waals surface area contributed by atoms with Crippen LogP contribution in [0.15, 0.2) is 0 Å². The third-order valence-corrected chi connectivity index (χ3v) is 4.79. The first-order valence-electron chi connectivity index (χ1n) is 6.43. The van der Waals surface area contributed by atoms with Gasteiger partial charge in [0.1, 0.15) is 0 Å². The number of amides is 1. The van der Waals surface area contributed by atoms with Crippen LogP contribution in [-0.4, -0.2) is 58.7 Å². The van der Waals surface area contributed by atoms with Crippen molar-refractivity contribution in [3.63, 3.8) is 0 Å². The van der Waals surface area contributed by atoms with Crippen molar-refractivity contribution in [1.29, 1.82) is 0 Å². The Balaban J connectivity index is 1.74. The minimum atomic E-state index is -0.618. The molecule has 2 N–H and O–H groups in total. The summed E-state index contributed by atoms with van der Waals surface area (Å²) in [6.07, 6.45) is 2.72. The van der Waals surface area contributed by atoms with Crippen LogP contribution in [0.5, 0.6) is 0 Å². The molecule has 0 aromatic heterocycles. The molecule has 4 nitrogen and oxygen atoms in total. The Bertz CT molecular complexity index is 276. The van der Waals surface area contributed by atoms with Gasteiger partial charge in [0.15, 0.2) is 0 Å². The Kier molecular flexibility index (Phi) is 4.33. The number of nitrogens with one attached hydrogen (secondary N) is 1. The monoisotopic (exact) mass is 258 g/mol. The van der Waals surface area contributed by atoms with Crippen LogP contribution in [0.25, 0.3) is 0 Å². The fourth-order valence-corrected chi connectivity index (χ4v) is 3.22. The molecule has 2 rings (SSSR count). The van der Waals surface area contributed by atoms with Crippen LogP contribution in [0.3, 0.4) is 0 Å². The largest absolute Gasteiger partial charge is 0.388 e. The second-order valence-corrected chi connectivity index (χ2v) is 6.34. The van der Waals surface area contributed by atoms with Gasteiger partial charge in [-0.2, -0.15) is 11.8 Å². The zero-order chi connectivity index (χ0) is 12.3. The first kappa shape index (κ1) is 13.2. The lowest BCUT2D eigenvalue weighted by atomic mass is 9.80. The number of nitrogens with zero attached hydrogens (tertiary/aromatic N) is 1. The third-order valence-electron chi connectivity index (χ3n) is 3.85. The molecule has 0 aromatic rings. The standard InChI is InChI=1S/C12H22N2O2S/c1-10(14-5-7-17-8-6-14)11(15)13-9-12(16)3-2-4-12/h10,16H,2-9H2,1H3,(H,13,15). The van der Waals surface area contributed by atoms with Gasteiger partial charge < -0.3 is 10.4 Å². The number of hydrogen-bond acceptors (Lipinski definition) is 4. The highest BCUT2D eigenvalue weighted by atomic mass is 32.2. The molecule has 0 aromatic carbocycles. The summed E-state index contributed by atoms with van der Waals surface area (Å²) in [5, 5.41) is 12.8. The lowest BCUT2D eigenvalue weighted by molar-refractivity contribution is -0.128. The Morgan fingerprint density at radius 1 is 1.47 bits per heavy atom. The van der Waals surface area contributed by atoms with E-state index in [0.29, 0.717) is 6.54 Å². The molecule has 1 saturated carbocycles. The van der Waals surface area contributed by atoms with Crippen LogP contribution in [0.1, 0.15) is 26.2 Å². The molecule has 0 bridgehead atoms. The Morgan fingerprint density at radius 3 is 2.65 bits per heavy atom. The molecule has 1 saturated heterocycles. The van der Waals surface area contributed by atoms with E-state index in [2.05, 4.69) is 10.2 Å². The summed E-state index contributed by atoms with van der Waals surface area (Å²) in [7, 11) is 0. The molecule has 5 heteroatoms. The first-order chi connectivity index (χ1) is 8.11. The number of thioether (sulfide) groups is 1. The number of aliphatic hydroxyl groups is 1. The maximum atomic E-state index is 12.0. The molecule has 2 fully saturated rings. The van der Waals surface area contributed by atoms with Crippen LogP contribution in [0, 0.1) is 0 Å². The molecule has 2 aliphatic rings. The lowest BCUT2D eigenvalue weighted by Crippen LogP contribution is -2.53. The third kappa shape index (κ3) is 3.36. The smallest absolute Gasteiger partial charge is 0.237 e. The van der Waals surface area contributed by atoms with Gasteiger partial charge in [0, 0.05) is 31.1 Å². The summed E-state index contributed by atoms with van der Waals surface area (Å²) >= 11 is 1.94. The molecule has 17 heavy (non-hydrogen) atoms. The van der Waals surface area contributed by atoms with E-state index >= 15 is 0 Å². The van der Waals surface area contributed by atoms with Gasteiger partial charge in [-0.1, -0.05) is 0 Å². The minimum absolute atomic E-state index is 0.0530. The maximum Gasteiger partial charge on any atom is 0.237 e. The molecule has 1 aliphatic carbocycles. The molecule has 1 amide bonds. The summed E-state index contributed by atoms with van der Waals surface area (Å²) in [5.41, 5.74) is -0.618. The second-order valence-electron chi connectivity index (χ2n) is 5.12. The van der Waals surface area contributed by atoms with Gasteiger partial charge in [0.2, 0.25) is 5.91 Å². The first-order valence-corrected chi connectivity index (χ1v) is 7.58. The zero-order valence-electron chi connectivity index (χ0n) is 10.4. The van der Waals surface area contributed by atoms with Crippen LogP contribution < -0.4 is 5.32 Å². The molecule has 98 valence electrons. The quantitative estimate of drug-likeness (QED) is 0.769. The van der Waals surface area contributed by atoms with Gasteiger partial charge in [-0.3, -0.25) is 9.69 Å². The molecular weight excluding hydrogens is 236 g/mol. The van der Waals surface area contributed by atoms with Gasteiger partial charge in [-0.15, -0.1) is 0 Å². The predicted molar refractivity (Wildman–Crippen MR) is 70.2 cm³/mol.